The Morgan fingerprint density at radius 1 is 1.55 bits per heavy atom. The normalized spacial score (nSPS) is 18.9. The third-order valence-electron chi connectivity index (χ3n) is 2.93. The quantitative estimate of drug-likeness (QED) is 0.793. The molecule has 0 saturated carbocycles. The molecule has 0 bridgehead atoms. The zero-order valence-electron chi connectivity index (χ0n) is 11.9. The maximum atomic E-state index is 12.6. The Morgan fingerprint density at radius 2 is 2.23 bits per heavy atom. The third kappa shape index (κ3) is 3.80. The van der Waals surface area contributed by atoms with Crippen LogP contribution in [0.15, 0.2) is 12.3 Å². The molecule has 2 rings (SSSR count). The van der Waals surface area contributed by atoms with Crippen molar-refractivity contribution in [2.45, 2.75) is 26.1 Å². The van der Waals surface area contributed by atoms with Crippen molar-refractivity contribution in [3.05, 3.63) is 22.8 Å². The average molecular weight is 339 g/mol. The van der Waals surface area contributed by atoms with Gasteiger partial charge in [-0.2, -0.15) is 13.2 Å². The van der Waals surface area contributed by atoms with E-state index in [0.29, 0.717) is 6.20 Å². The van der Waals surface area contributed by atoms with Crippen molar-refractivity contribution in [2.24, 2.45) is 5.92 Å². The highest BCUT2D eigenvalue weighted by molar-refractivity contribution is 6.33. The largest absolute Gasteiger partial charge is 0.458 e. The lowest BCUT2D eigenvalue weighted by Gasteiger charge is -2.17. The molecule has 0 radical (unpaired) electrons. The van der Waals surface area contributed by atoms with E-state index in [1.807, 2.05) is 0 Å². The number of carbonyl (C=O) groups excluding carboxylic acids is 1. The number of hydroxylamine groups is 1. The van der Waals surface area contributed by atoms with Crippen LogP contribution in [0.25, 0.3) is 0 Å². The van der Waals surface area contributed by atoms with Crippen molar-refractivity contribution in [3.8, 4) is 0 Å². The van der Waals surface area contributed by atoms with Gasteiger partial charge in [0.05, 0.1) is 23.0 Å². The van der Waals surface area contributed by atoms with Gasteiger partial charge in [-0.25, -0.2) is 10.0 Å². The number of rotatable bonds is 3. The van der Waals surface area contributed by atoms with E-state index in [4.69, 9.17) is 21.2 Å². The number of ether oxygens (including phenoxy) is 1. The van der Waals surface area contributed by atoms with Crippen LogP contribution in [0.1, 0.15) is 19.4 Å². The molecule has 0 spiro atoms. The first-order chi connectivity index (χ1) is 10.2. The number of carbonyl (C=O) groups is 1. The van der Waals surface area contributed by atoms with Gasteiger partial charge in [-0.3, -0.25) is 9.63 Å². The van der Waals surface area contributed by atoms with E-state index in [0.717, 1.165) is 6.07 Å². The van der Waals surface area contributed by atoms with E-state index < -0.39 is 17.8 Å². The molecule has 9 heteroatoms. The Kier molecular flexibility index (Phi) is 4.81. The van der Waals surface area contributed by atoms with Gasteiger partial charge in [0, 0.05) is 6.20 Å². The van der Waals surface area contributed by atoms with E-state index in [2.05, 4.69) is 4.98 Å². The topological polar surface area (TPSA) is 51.7 Å². The Morgan fingerprint density at radius 3 is 2.77 bits per heavy atom. The lowest BCUT2D eigenvalue weighted by molar-refractivity contribution is -0.152. The van der Waals surface area contributed by atoms with Gasteiger partial charge in [0.25, 0.3) is 0 Å². The van der Waals surface area contributed by atoms with E-state index in [9.17, 15) is 18.0 Å². The van der Waals surface area contributed by atoms with Crippen molar-refractivity contribution >= 4 is 23.4 Å². The van der Waals surface area contributed by atoms with Crippen LogP contribution in [-0.2, 0) is 20.5 Å². The fourth-order valence-electron chi connectivity index (χ4n) is 1.75. The number of pyridine rings is 1. The Balaban J connectivity index is 2.06. The number of alkyl halides is 3. The molecule has 1 atom stereocenters. The van der Waals surface area contributed by atoms with E-state index in [1.165, 1.54) is 5.06 Å². The Labute approximate surface area is 129 Å². The summed E-state index contributed by atoms with van der Waals surface area (Å²) >= 11 is 5.83. The molecular formula is C13H14ClF3N2O3. The predicted octanol–water partition coefficient (Wildman–Crippen LogP) is 3.07. The number of anilines is 1. The molecule has 22 heavy (non-hydrogen) atoms. The van der Waals surface area contributed by atoms with Gasteiger partial charge >= 0.3 is 12.1 Å². The molecule has 1 saturated heterocycles. The zero-order chi connectivity index (χ0) is 16.5. The minimum Gasteiger partial charge on any atom is -0.458 e. The van der Waals surface area contributed by atoms with Crippen molar-refractivity contribution < 1.29 is 27.5 Å². The van der Waals surface area contributed by atoms with Crippen LogP contribution < -0.4 is 5.06 Å². The lowest BCUT2D eigenvalue weighted by Crippen LogP contribution is -2.27. The van der Waals surface area contributed by atoms with E-state index in [-0.39, 0.29) is 35.9 Å². The summed E-state index contributed by atoms with van der Waals surface area (Å²) < 4.78 is 42.9. The van der Waals surface area contributed by atoms with Crippen molar-refractivity contribution in [1.29, 1.82) is 0 Å². The van der Waals surface area contributed by atoms with Crippen LogP contribution in [0.3, 0.4) is 0 Å². The SMILES string of the molecule is CC(C)C(=O)OC1CON(c2ncc(C(F)(F)F)cc2Cl)C1. The maximum absolute atomic E-state index is 12.6. The lowest BCUT2D eigenvalue weighted by atomic mass is 10.2. The molecule has 1 aromatic heterocycles. The summed E-state index contributed by atoms with van der Waals surface area (Å²) in [5, 5.41) is 1.03. The second kappa shape index (κ2) is 6.29. The van der Waals surface area contributed by atoms with Crippen LogP contribution in [0, 0.1) is 5.92 Å². The standard InChI is InChI=1S/C13H14ClF3N2O3/c1-7(2)12(20)22-9-5-19(21-6-9)11-10(14)3-8(4-18-11)13(15,16)17/h3-4,7,9H,5-6H2,1-2H3. The molecule has 1 aliphatic rings. The summed E-state index contributed by atoms with van der Waals surface area (Å²) in [5.74, 6) is -0.596. The molecule has 1 aliphatic heterocycles. The first kappa shape index (κ1) is 16.8. The summed E-state index contributed by atoms with van der Waals surface area (Å²) in [4.78, 5) is 20.5. The molecule has 0 aliphatic carbocycles. The van der Waals surface area contributed by atoms with Gasteiger partial charge in [0.1, 0.15) is 12.7 Å². The van der Waals surface area contributed by atoms with Gasteiger partial charge < -0.3 is 4.74 Å². The number of aromatic nitrogens is 1. The Bertz CT molecular complexity index is 566. The zero-order valence-corrected chi connectivity index (χ0v) is 12.6. The van der Waals surface area contributed by atoms with Gasteiger partial charge in [-0.1, -0.05) is 25.4 Å². The molecule has 5 nitrogen and oxygen atoms in total. The highest BCUT2D eigenvalue weighted by Gasteiger charge is 2.34. The van der Waals surface area contributed by atoms with Crippen molar-refractivity contribution in [3.63, 3.8) is 0 Å². The first-order valence-electron chi connectivity index (χ1n) is 6.52. The molecule has 1 fully saturated rings. The molecule has 0 N–H and O–H groups in total. The summed E-state index contributed by atoms with van der Waals surface area (Å²) in [6, 6.07) is 0.778. The highest BCUT2D eigenvalue weighted by Crippen LogP contribution is 2.34. The number of esters is 1. The molecule has 2 heterocycles. The molecule has 1 aromatic rings. The van der Waals surface area contributed by atoms with Crippen LogP contribution in [-0.4, -0.2) is 30.2 Å². The smallest absolute Gasteiger partial charge is 0.417 e. The summed E-state index contributed by atoms with van der Waals surface area (Å²) in [6.07, 6.45) is -4.36. The fraction of sp³-hybridized carbons (Fsp3) is 0.538. The van der Waals surface area contributed by atoms with E-state index in [1.54, 1.807) is 13.8 Å². The number of nitrogens with zero attached hydrogens (tertiary/aromatic N) is 2. The molecule has 0 aromatic carbocycles. The molecule has 1 unspecified atom stereocenters. The monoisotopic (exact) mass is 338 g/mol. The Hall–Kier alpha value is -1.54. The van der Waals surface area contributed by atoms with Crippen molar-refractivity contribution in [1.82, 2.24) is 4.98 Å². The summed E-state index contributed by atoms with van der Waals surface area (Å²) in [6.45, 7) is 3.64. The minimum atomic E-state index is -4.52. The van der Waals surface area contributed by atoms with Crippen LogP contribution in [0.5, 0.6) is 0 Å². The molecular weight excluding hydrogens is 325 g/mol. The van der Waals surface area contributed by atoms with Crippen LogP contribution in [0.4, 0.5) is 19.0 Å². The van der Waals surface area contributed by atoms with Crippen molar-refractivity contribution in [2.75, 3.05) is 18.2 Å². The first-order valence-corrected chi connectivity index (χ1v) is 6.90. The maximum Gasteiger partial charge on any atom is 0.417 e. The van der Waals surface area contributed by atoms with Gasteiger partial charge in [0.2, 0.25) is 0 Å². The fourth-order valence-corrected chi connectivity index (χ4v) is 2.01. The van der Waals surface area contributed by atoms with Crippen LogP contribution in [0.2, 0.25) is 5.02 Å². The highest BCUT2D eigenvalue weighted by atomic mass is 35.5. The third-order valence-corrected chi connectivity index (χ3v) is 3.20. The minimum absolute atomic E-state index is 0.0535. The summed E-state index contributed by atoms with van der Waals surface area (Å²) in [5.41, 5.74) is -0.941. The van der Waals surface area contributed by atoms with Gasteiger partial charge in [-0.15, -0.1) is 0 Å². The van der Waals surface area contributed by atoms with Gasteiger partial charge in [0.15, 0.2) is 5.82 Å². The molecule has 0 amide bonds. The molecule has 122 valence electrons. The second-order valence-corrected chi connectivity index (χ2v) is 5.50. The van der Waals surface area contributed by atoms with E-state index >= 15 is 0 Å². The second-order valence-electron chi connectivity index (χ2n) is 5.10. The number of hydrogen-bond donors (Lipinski definition) is 0. The number of hydrogen-bond acceptors (Lipinski definition) is 5. The average Bonchev–Trinajstić information content (AvgIpc) is 2.85. The summed E-state index contributed by atoms with van der Waals surface area (Å²) in [7, 11) is 0. The predicted molar refractivity (Wildman–Crippen MR) is 72.3 cm³/mol. The van der Waals surface area contributed by atoms with Gasteiger partial charge in [-0.05, 0) is 6.07 Å². The van der Waals surface area contributed by atoms with Crippen LogP contribution >= 0.6 is 11.6 Å². The number of halogens is 4.